The highest BCUT2D eigenvalue weighted by Gasteiger charge is 2.34. The quantitative estimate of drug-likeness (QED) is 0.818. The molecule has 140 valence electrons. The molecule has 26 heavy (non-hydrogen) atoms. The fourth-order valence-corrected chi connectivity index (χ4v) is 4.25. The van der Waals surface area contributed by atoms with Crippen molar-refractivity contribution in [2.45, 2.75) is 76.2 Å². The van der Waals surface area contributed by atoms with E-state index in [2.05, 4.69) is 38.9 Å². The fourth-order valence-electron chi connectivity index (χ4n) is 4.25. The zero-order valence-corrected chi connectivity index (χ0v) is 15.4. The molecular formula is C19H27N5O2. The van der Waals surface area contributed by atoms with E-state index in [-0.39, 0.29) is 12.2 Å². The summed E-state index contributed by atoms with van der Waals surface area (Å²) < 4.78 is 13.7. The minimum absolute atomic E-state index is 0.141. The Bertz CT molecular complexity index is 747. The van der Waals surface area contributed by atoms with Crippen molar-refractivity contribution in [3.63, 3.8) is 0 Å². The van der Waals surface area contributed by atoms with E-state index >= 15 is 0 Å². The van der Waals surface area contributed by atoms with E-state index in [0.717, 1.165) is 31.2 Å². The number of hydrogen-bond donors (Lipinski definition) is 0. The summed E-state index contributed by atoms with van der Waals surface area (Å²) in [4.78, 5) is 6.97. The molecular weight excluding hydrogens is 330 g/mol. The summed E-state index contributed by atoms with van der Waals surface area (Å²) in [5, 5.41) is 8.96. The lowest BCUT2D eigenvalue weighted by Crippen LogP contribution is -2.42. The van der Waals surface area contributed by atoms with Gasteiger partial charge in [-0.1, -0.05) is 18.0 Å². The smallest absolute Gasteiger partial charge is 0.257 e. The topological polar surface area (TPSA) is 69.2 Å². The standard InChI is InChI=1S/C19H27N5O2/c1-13-10-23(11-15-8-9-24(21-15)16-4-2-3-5-16)12-17(25-13)19-20-18(22-26-19)14-6-7-14/h8-9,13-14,16-17H,2-7,10-12H2,1H3/t13-,17-/m1/s1. The van der Waals surface area contributed by atoms with Crippen molar-refractivity contribution in [1.82, 2.24) is 24.8 Å². The van der Waals surface area contributed by atoms with Crippen LogP contribution in [0, 0.1) is 0 Å². The monoisotopic (exact) mass is 357 g/mol. The molecule has 2 aliphatic carbocycles. The first-order valence-corrected chi connectivity index (χ1v) is 10.00. The highest BCUT2D eigenvalue weighted by Crippen LogP contribution is 2.39. The number of ether oxygens (including phenoxy) is 1. The van der Waals surface area contributed by atoms with Gasteiger partial charge in [0.25, 0.3) is 5.89 Å². The number of rotatable bonds is 5. The highest BCUT2D eigenvalue weighted by molar-refractivity contribution is 5.06. The van der Waals surface area contributed by atoms with Gasteiger partial charge in [0.2, 0.25) is 0 Å². The number of aromatic nitrogens is 4. The maximum atomic E-state index is 6.08. The summed E-state index contributed by atoms with van der Waals surface area (Å²) >= 11 is 0. The number of hydrogen-bond acceptors (Lipinski definition) is 6. The zero-order chi connectivity index (χ0) is 17.5. The van der Waals surface area contributed by atoms with Gasteiger partial charge in [0, 0.05) is 31.7 Å². The van der Waals surface area contributed by atoms with Gasteiger partial charge in [-0.2, -0.15) is 10.1 Å². The Kier molecular flexibility index (Phi) is 4.29. The second-order valence-electron chi connectivity index (χ2n) is 8.12. The van der Waals surface area contributed by atoms with E-state index in [1.807, 2.05) is 0 Å². The van der Waals surface area contributed by atoms with Gasteiger partial charge in [-0.3, -0.25) is 9.58 Å². The van der Waals surface area contributed by atoms with E-state index in [1.54, 1.807) is 0 Å². The summed E-state index contributed by atoms with van der Waals surface area (Å²) in [6.07, 6.45) is 9.68. The van der Waals surface area contributed by atoms with Crippen LogP contribution in [0.2, 0.25) is 0 Å². The molecule has 0 spiro atoms. The predicted octanol–water partition coefficient (Wildman–Crippen LogP) is 3.22. The molecule has 0 bridgehead atoms. The molecule has 3 fully saturated rings. The normalized spacial score (nSPS) is 28.0. The molecule has 2 aromatic heterocycles. The minimum atomic E-state index is -0.143. The molecule has 5 rings (SSSR count). The number of morpholine rings is 1. The maximum Gasteiger partial charge on any atom is 0.257 e. The molecule has 1 saturated heterocycles. The molecule has 2 aromatic rings. The van der Waals surface area contributed by atoms with Gasteiger partial charge in [-0.15, -0.1) is 0 Å². The average molecular weight is 357 g/mol. The lowest BCUT2D eigenvalue weighted by atomic mass is 10.2. The Balaban J connectivity index is 1.25. The summed E-state index contributed by atoms with van der Waals surface area (Å²) in [7, 11) is 0. The van der Waals surface area contributed by atoms with Crippen molar-refractivity contribution in [2.24, 2.45) is 0 Å². The molecule has 0 radical (unpaired) electrons. The van der Waals surface area contributed by atoms with Gasteiger partial charge < -0.3 is 9.26 Å². The van der Waals surface area contributed by atoms with Crippen LogP contribution in [0.15, 0.2) is 16.8 Å². The van der Waals surface area contributed by atoms with E-state index < -0.39 is 0 Å². The third-order valence-corrected chi connectivity index (χ3v) is 5.76. The Labute approximate surface area is 153 Å². The van der Waals surface area contributed by atoms with Gasteiger partial charge in [-0.25, -0.2) is 0 Å². The van der Waals surface area contributed by atoms with Crippen molar-refractivity contribution in [3.8, 4) is 0 Å². The van der Waals surface area contributed by atoms with Crippen molar-refractivity contribution < 1.29 is 9.26 Å². The molecule has 1 aliphatic heterocycles. The predicted molar refractivity (Wildman–Crippen MR) is 94.6 cm³/mol. The SMILES string of the molecule is C[C@@H]1CN(Cc2ccn(C3CCCC3)n2)C[C@H](c2nc(C3CC3)no2)O1. The second-order valence-corrected chi connectivity index (χ2v) is 8.12. The van der Waals surface area contributed by atoms with E-state index in [0.29, 0.717) is 17.9 Å². The van der Waals surface area contributed by atoms with Crippen LogP contribution in [-0.2, 0) is 11.3 Å². The average Bonchev–Trinajstić information content (AvgIpc) is 3.08. The molecule has 0 amide bonds. The Hall–Kier alpha value is -1.73. The van der Waals surface area contributed by atoms with Gasteiger partial charge in [0.15, 0.2) is 5.82 Å². The van der Waals surface area contributed by atoms with Gasteiger partial charge in [0.05, 0.1) is 17.8 Å². The molecule has 7 heteroatoms. The van der Waals surface area contributed by atoms with Crippen LogP contribution in [0.4, 0.5) is 0 Å². The van der Waals surface area contributed by atoms with Gasteiger partial charge >= 0.3 is 0 Å². The van der Waals surface area contributed by atoms with Crippen LogP contribution >= 0.6 is 0 Å². The third kappa shape index (κ3) is 3.42. The minimum Gasteiger partial charge on any atom is -0.363 e. The third-order valence-electron chi connectivity index (χ3n) is 5.76. The molecule has 2 saturated carbocycles. The largest absolute Gasteiger partial charge is 0.363 e. The van der Waals surface area contributed by atoms with Gasteiger partial charge in [-0.05, 0) is 38.7 Å². The zero-order valence-electron chi connectivity index (χ0n) is 15.4. The van der Waals surface area contributed by atoms with Crippen molar-refractivity contribution >= 4 is 0 Å². The lowest BCUT2D eigenvalue weighted by molar-refractivity contribution is -0.0933. The molecule has 0 aromatic carbocycles. The maximum absolute atomic E-state index is 6.08. The Morgan fingerprint density at radius 2 is 2.00 bits per heavy atom. The van der Waals surface area contributed by atoms with E-state index in [4.69, 9.17) is 14.4 Å². The van der Waals surface area contributed by atoms with Crippen LogP contribution in [-0.4, -0.2) is 44.0 Å². The summed E-state index contributed by atoms with van der Waals surface area (Å²) in [6, 6.07) is 2.75. The fraction of sp³-hybridized carbons (Fsp3) is 0.737. The molecule has 2 atom stereocenters. The van der Waals surface area contributed by atoms with Crippen LogP contribution in [0.1, 0.15) is 80.9 Å². The van der Waals surface area contributed by atoms with Crippen LogP contribution in [0.25, 0.3) is 0 Å². The van der Waals surface area contributed by atoms with Crippen molar-refractivity contribution in [3.05, 3.63) is 29.7 Å². The van der Waals surface area contributed by atoms with Crippen LogP contribution < -0.4 is 0 Å². The van der Waals surface area contributed by atoms with Crippen molar-refractivity contribution in [1.29, 1.82) is 0 Å². The number of nitrogens with zero attached hydrogens (tertiary/aromatic N) is 5. The Morgan fingerprint density at radius 1 is 1.15 bits per heavy atom. The molecule has 0 N–H and O–H groups in total. The van der Waals surface area contributed by atoms with Gasteiger partial charge in [0.1, 0.15) is 6.10 Å². The molecule has 7 nitrogen and oxygen atoms in total. The van der Waals surface area contributed by atoms with Crippen LogP contribution in [0.5, 0.6) is 0 Å². The van der Waals surface area contributed by atoms with E-state index in [1.165, 1.54) is 38.5 Å². The first-order valence-electron chi connectivity index (χ1n) is 10.00. The van der Waals surface area contributed by atoms with Crippen molar-refractivity contribution in [2.75, 3.05) is 13.1 Å². The van der Waals surface area contributed by atoms with E-state index in [9.17, 15) is 0 Å². The molecule has 0 unspecified atom stereocenters. The first-order chi connectivity index (χ1) is 12.7. The molecule has 3 heterocycles. The second kappa shape index (κ2) is 6.78. The van der Waals surface area contributed by atoms with Crippen LogP contribution in [0.3, 0.4) is 0 Å². The summed E-state index contributed by atoms with van der Waals surface area (Å²) in [5.41, 5.74) is 1.13. The summed E-state index contributed by atoms with van der Waals surface area (Å²) in [5.74, 6) is 1.98. The summed E-state index contributed by atoms with van der Waals surface area (Å²) in [6.45, 7) is 4.62. The molecule has 3 aliphatic rings. The Morgan fingerprint density at radius 3 is 2.81 bits per heavy atom. The highest BCUT2D eigenvalue weighted by atomic mass is 16.5. The lowest BCUT2D eigenvalue weighted by Gasteiger charge is -2.34. The first kappa shape index (κ1) is 16.4.